The van der Waals surface area contributed by atoms with Gasteiger partial charge in [0.25, 0.3) is 0 Å². The minimum atomic E-state index is 0.767. The molecule has 1 heteroatoms. The van der Waals surface area contributed by atoms with Crippen LogP contribution in [0.5, 0.6) is 0 Å². The van der Waals surface area contributed by atoms with Gasteiger partial charge in [0.05, 0.1) is 0 Å². The first-order chi connectivity index (χ1) is 10.3. The van der Waals surface area contributed by atoms with Gasteiger partial charge in [-0.3, -0.25) is 0 Å². The van der Waals surface area contributed by atoms with Crippen LogP contribution in [0.25, 0.3) is 32.7 Å². The highest BCUT2D eigenvalue weighted by Gasteiger charge is 2.07. The zero-order valence-corrected chi connectivity index (χ0v) is 12.1. The molecule has 0 N–H and O–H groups in total. The topological polar surface area (TPSA) is 0 Å². The Morgan fingerprint density at radius 2 is 1.19 bits per heavy atom. The van der Waals surface area contributed by atoms with Crippen LogP contribution in [0.2, 0.25) is 5.02 Å². The third-order valence-corrected chi connectivity index (χ3v) is 4.18. The molecule has 0 aliphatic heterocycles. The summed E-state index contributed by atoms with van der Waals surface area (Å²) >= 11 is 6.01. The molecule has 0 saturated carbocycles. The maximum absolute atomic E-state index is 6.01. The van der Waals surface area contributed by atoms with Crippen molar-refractivity contribution in [1.29, 1.82) is 0 Å². The van der Waals surface area contributed by atoms with Crippen molar-refractivity contribution in [3.05, 3.63) is 83.9 Å². The number of hydrogen-bond donors (Lipinski definition) is 0. The van der Waals surface area contributed by atoms with E-state index in [1.54, 1.807) is 0 Å². The summed E-state index contributed by atoms with van der Waals surface area (Å²) in [4.78, 5) is 0. The quantitative estimate of drug-likeness (QED) is 0.360. The van der Waals surface area contributed by atoms with E-state index in [0.717, 1.165) is 5.02 Å². The second-order valence-corrected chi connectivity index (χ2v) is 5.63. The Morgan fingerprint density at radius 3 is 1.95 bits per heavy atom. The summed E-state index contributed by atoms with van der Waals surface area (Å²) in [6, 6.07) is 27.4. The van der Waals surface area contributed by atoms with Gasteiger partial charge in [-0.25, -0.2) is 0 Å². The van der Waals surface area contributed by atoms with E-state index in [1.807, 2.05) is 12.1 Å². The first kappa shape index (κ1) is 12.4. The molecule has 0 aliphatic rings. The SMILES string of the molecule is Clc1ccc(-c2cc3ccccc3c3ccccc23)cc1. The molecule has 0 unspecified atom stereocenters. The average Bonchev–Trinajstić information content (AvgIpc) is 2.55. The van der Waals surface area contributed by atoms with E-state index in [-0.39, 0.29) is 0 Å². The Hall–Kier alpha value is -2.31. The number of benzene rings is 4. The third kappa shape index (κ3) is 2.09. The summed E-state index contributed by atoms with van der Waals surface area (Å²) in [7, 11) is 0. The molecular weight excluding hydrogens is 276 g/mol. The summed E-state index contributed by atoms with van der Waals surface area (Å²) in [6.45, 7) is 0. The summed E-state index contributed by atoms with van der Waals surface area (Å²) in [5.74, 6) is 0. The maximum Gasteiger partial charge on any atom is 0.0406 e. The van der Waals surface area contributed by atoms with Gasteiger partial charge in [-0.15, -0.1) is 0 Å². The highest BCUT2D eigenvalue weighted by Crippen LogP contribution is 2.35. The van der Waals surface area contributed by atoms with Crippen LogP contribution in [0.1, 0.15) is 0 Å². The molecule has 4 rings (SSSR count). The van der Waals surface area contributed by atoms with Crippen LogP contribution in [0.15, 0.2) is 78.9 Å². The van der Waals surface area contributed by atoms with Crippen LogP contribution in [-0.4, -0.2) is 0 Å². The second-order valence-electron chi connectivity index (χ2n) is 5.20. The summed E-state index contributed by atoms with van der Waals surface area (Å²) in [5.41, 5.74) is 2.45. The Kier molecular flexibility index (Phi) is 2.90. The smallest absolute Gasteiger partial charge is 0.0406 e. The molecule has 100 valence electrons. The van der Waals surface area contributed by atoms with E-state index >= 15 is 0 Å². The van der Waals surface area contributed by atoms with Gasteiger partial charge < -0.3 is 0 Å². The van der Waals surface area contributed by atoms with Crippen LogP contribution < -0.4 is 0 Å². The minimum Gasteiger partial charge on any atom is -0.0843 e. The minimum absolute atomic E-state index is 0.767. The van der Waals surface area contributed by atoms with E-state index in [9.17, 15) is 0 Å². The van der Waals surface area contributed by atoms with Gasteiger partial charge in [-0.2, -0.15) is 0 Å². The summed E-state index contributed by atoms with van der Waals surface area (Å²) in [5, 5.41) is 5.90. The first-order valence-electron chi connectivity index (χ1n) is 6.99. The van der Waals surface area contributed by atoms with Gasteiger partial charge in [-0.05, 0) is 50.9 Å². The molecule has 0 atom stereocenters. The number of hydrogen-bond acceptors (Lipinski definition) is 0. The lowest BCUT2D eigenvalue weighted by Gasteiger charge is -2.11. The van der Waals surface area contributed by atoms with Crippen molar-refractivity contribution < 1.29 is 0 Å². The Balaban J connectivity index is 2.13. The fourth-order valence-electron chi connectivity index (χ4n) is 2.92. The van der Waals surface area contributed by atoms with E-state index in [4.69, 9.17) is 11.6 Å². The molecule has 0 aliphatic carbocycles. The average molecular weight is 289 g/mol. The molecule has 0 nitrogen and oxygen atoms in total. The van der Waals surface area contributed by atoms with E-state index in [2.05, 4.69) is 66.7 Å². The lowest BCUT2D eigenvalue weighted by Crippen LogP contribution is -1.84. The third-order valence-electron chi connectivity index (χ3n) is 3.92. The molecule has 0 heterocycles. The Bertz CT molecular complexity index is 937. The molecule has 4 aromatic carbocycles. The van der Waals surface area contributed by atoms with Crippen molar-refractivity contribution in [3.8, 4) is 11.1 Å². The number of fused-ring (bicyclic) bond motifs is 3. The van der Waals surface area contributed by atoms with Crippen LogP contribution in [-0.2, 0) is 0 Å². The summed E-state index contributed by atoms with van der Waals surface area (Å²) in [6.07, 6.45) is 0. The highest BCUT2D eigenvalue weighted by atomic mass is 35.5. The lowest BCUT2D eigenvalue weighted by atomic mass is 9.93. The van der Waals surface area contributed by atoms with Crippen molar-refractivity contribution in [2.75, 3.05) is 0 Å². The van der Waals surface area contributed by atoms with Crippen molar-refractivity contribution in [1.82, 2.24) is 0 Å². The molecule has 0 bridgehead atoms. The van der Waals surface area contributed by atoms with E-state index < -0.39 is 0 Å². The molecule has 0 spiro atoms. The molecule has 4 aromatic rings. The molecule has 0 saturated heterocycles. The summed E-state index contributed by atoms with van der Waals surface area (Å²) < 4.78 is 0. The zero-order valence-electron chi connectivity index (χ0n) is 11.4. The van der Waals surface area contributed by atoms with Crippen molar-refractivity contribution in [2.24, 2.45) is 0 Å². The van der Waals surface area contributed by atoms with Crippen molar-refractivity contribution in [3.63, 3.8) is 0 Å². The van der Waals surface area contributed by atoms with Gasteiger partial charge in [0, 0.05) is 5.02 Å². The number of rotatable bonds is 1. The first-order valence-corrected chi connectivity index (χ1v) is 7.37. The largest absolute Gasteiger partial charge is 0.0843 e. The van der Waals surface area contributed by atoms with Gasteiger partial charge >= 0.3 is 0 Å². The molecule has 0 fully saturated rings. The predicted octanol–water partition coefficient (Wildman–Crippen LogP) is 6.31. The van der Waals surface area contributed by atoms with Crippen LogP contribution >= 0.6 is 11.6 Å². The Labute approximate surface area is 128 Å². The van der Waals surface area contributed by atoms with Gasteiger partial charge in [0.2, 0.25) is 0 Å². The second kappa shape index (κ2) is 4.91. The van der Waals surface area contributed by atoms with Crippen molar-refractivity contribution in [2.45, 2.75) is 0 Å². The highest BCUT2D eigenvalue weighted by molar-refractivity contribution is 6.30. The maximum atomic E-state index is 6.01. The lowest BCUT2D eigenvalue weighted by molar-refractivity contribution is 1.66. The predicted molar refractivity (Wildman–Crippen MR) is 91.9 cm³/mol. The number of halogens is 1. The van der Waals surface area contributed by atoms with E-state index in [1.165, 1.54) is 32.7 Å². The van der Waals surface area contributed by atoms with E-state index in [0.29, 0.717) is 0 Å². The molecular formula is C20H13Cl. The van der Waals surface area contributed by atoms with Gasteiger partial charge in [-0.1, -0.05) is 72.3 Å². The standard InChI is InChI=1S/C20H13Cl/c21-16-11-9-14(10-12-16)20-13-15-5-1-2-6-17(15)18-7-3-4-8-19(18)20/h1-13H. The monoisotopic (exact) mass is 288 g/mol. The van der Waals surface area contributed by atoms with Crippen molar-refractivity contribution >= 4 is 33.1 Å². The normalized spacial score (nSPS) is 11.1. The fourth-order valence-corrected chi connectivity index (χ4v) is 3.05. The molecule has 0 aromatic heterocycles. The Morgan fingerprint density at radius 1 is 0.571 bits per heavy atom. The van der Waals surface area contributed by atoms with Crippen LogP contribution in [0, 0.1) is 0 Å². The fraction of sp³-hybridized carbons (Fsp3) is 0. The van der Waals surface area contributed by atoms with Crippen LogP contribution in [0.3, 0.4) is 0 Å². The van der Waals surface area contributed by atoms with Gasteiger partial charge in [0.15, 0.2) is 0 Å². The molecule has 21 heavy (non-hydrogen) atoms. The molecule has 0 radical (unpaired) electrons. The van der Waals surface area contributed by atoms with Crippen LogP contribution in [0.4, 0.5) is 0 Å². The zero-order chi connectivity index (χ0) is 14.2. The molecule has 0 amide bonds. The van der Waals surface area contributed by atoms with Gasteiger partial charge in [0.1, 0.15) is 0 Å².